The van der Waals surface area contributed by atoms with E-state index in [1.165, 1.54) is 4.90 Å². The summed E-state index contributed by atoms with van der Waals surface area (Å²) in [5.41, 5.74) is 0.811. The number of amides is 1. The summed E-state index contributed by atoms with van der Waals surface area (Å²) in [7, 11) is 0. The largest absolute Gasteiger partial charge is 0.482 e. The third-order valence-corrected chi connectivity index (χ3v) is 4.27. The quantitative estimate of drug-likeness (QED) is 0.715. The van der Waals surface area contributed by atoms with Crippen LogP contribution in [0.25, 0.3) is 0 Å². The van der Waals surface area contributed by atoms with Crippen LogP contribution in [0.4, 0.5) is 0 Å². The Labute approximate surface area is 146 Å². The minimum Gasteiger partial charge on any atom is -0.482 e. The Morgan fingerprint density at radius 1 is 1.35 bits per heavy atom. The second-order valence-corrected chi connectivity index (χ2v) is 6.48. The summed E-state index contributed by atoms with van der Waals surface area (Å²) in [5.74, 6) is 0.358. The van der Waals surface area contributed by atoms with E-state index in [-0.39, 0.29) is 12.5 Å². The van der Waals surface area contributed by atoms with E-state index in [1.54, 1.807) is 12.1 Å². The molecule has 0 saturated carbocycles. The summed E-state index contributed by atoms with van der Waals surface area (Å²) < 4.78 is 10.8. The number of ether oxygens (including phenoxy) is 2. The standard InChI is InChI=1S/C16H22Cl2N2O3/c1-12-9-13(17)10-14(18)16(12)23-11-15(21)19-3-2-4-20-5-7-22-8-6-20/h9-10H,2-8,11H2,1H3,(H,19,21)/p+1. The summed E-state index contributed by atoms with van der Waals surface area (Å²) in [4.78, 5) is 13.4. The fourth-order valence-electron chi connectivity index (χ4n) is 2.54. The smallest absolute Gasteiger partial charge is 0.257 e. The van der Waals surface area contributed by atoms with Crippen LogP contribution in [0, 0.1) is 6.92 Å². The molecule has 5 nitrogen and oxygen atoms in total. The molecular formula is C16H23Cl2N2O3+. The fourth-order valence-corrected chi connectivity index (χ4v) is 3.19. The van der Waals surface area contributed by atoms with E-state index in [4.69, 9.17) is 32.7 Å². The Balaban J connectivity index is 1.65. The van der Waals surface area contributed by atoms with Gasteiger partial charge in [0.05, 0.1) is 24.8 Å². The number of hydrogen-bond acceptors (Lipinski definition) is 3. The van der Waals surface area contributed by atoms with Gasteiger partial charge in [0.15, 0.2) is 6.61 Å². The molecule has 0 spiro atoms. The zero-order chi connectivity index (χ0) is 16.7. The Kier molecular flexibility index (Phi) is 7.43. The fraction of sp³-hybridized carbons (Fsp3) is 0.562. The van der Waals surface area contributed by atoms with Gasteiger partial charge in [0.2, 0.25) is 0 Å². The van der Waals surface area contributed by atoms with Crippen molar-refractivity contribution in [2.45, 2.75) is 13.3 Å². The van der Waals surface area contributed by atoms with E-state index in [9.17, 15) is 4.79 Å². The predicted octanol–water partition coefficient (Wildman–Crippen LogP) is 1.10. The normalized spacial score (nSPS) is 15.4. The molecule has 23 heavy (non-hydrogen) atoms. The molecule has 0 unspecified atom stereocenters. The van der Waals surface area contributed by atoms with E-state index >= 15 is 0 Å². The molecule has 1 amide bonds. The maximum Gasteiger partial charge on any atom is 0.257 e. The van der Waals surface area contributed by atoms with Crippen molar-refractivity contribution in [3.63, 3.8) is 0 Å². The van der Waals surface area contributed by atoms with Gasteiger partial charge in [-0.2, -0.15) is 0 Å². The van der Waals surface area contributed by atoms with E-state index in [2.05, 4.69) is 5.32 Å². The van der Waals surface area contributed by atoms with E-state index in [0.29, 0.717) is 22.3 Å². The number of carbonyl (C=O) groups excluding carboxylic acids is 1. The number of rotatable bonds is 7. The van der Waals surface area contributed by atoms with Gasteiger partial charge in [-0.15, -0.1) is 0 Å². The monoisotopic (exact) mass is 361 g/mol. The van der Waals surface area contributed by atoms with Crippen molar-refractivity contribution in [2.75, 3.05) is 46.0 Å². The lowest BCUT2D eigenvalue weighted by atomic mass is 10.2. The topological polar surface area (TPSA) is 52.0 Å². The summed E-state index contributed by atoms with van der Waals surface area (Å²) in [5, 5.41) is 3.83. The highest BCUT2D eigenvalue weighted by Gasteiger charge is 2.13. The summed E-state index contributed by atoms with van der Waals surface area (Å²) >= 11 is 12.0. The van der Waals surface area contributed by atoms with Gasteiger partial charge in [-0.05, 0) is 24.6 Å². The molecule has 1 saturated heterocycles. The lowest BCUT2D eigenvalue weighted by molar-refractivity contribution is -0.908. The number of hydrogen-bond donors (Lipinski definition) is 2. The molecule has 0 aromatic heterocycles. The molecule has 1 fully saturated rings. The first kappa shape index (κ1) is 18.3. The summed E-state index contributed by atoms with van der Waals surface area (Å²) in [6.07, 6.45) is 0.946. The zero-order valence-electron chi connectivity index (χ0n) is 13.3. The Morgan fingerprint density at radius 3 is 2.78 bits per heavy atom. The first-order chi connectivity index (χ1) is 11.1. The molecule has 1 aliphatic heterocycles. The lowest BCUT2D eigenvalue weighted by Crippen LogP contribution is -3.14. The van der Waals surface area contributed by atoms with Gasteiger partial charge in [-0.1, -0.05) is 23.2 Å². The van der Waals surface area contributed by atoms with Crippen LogP contribution in [0.2, 0.25) is 10.0 Å². The number of benzene rings is 1. The van der Waals surface area contributed by atoms with E-state index < -0.39 is 0 Å². The van der Waals surface area contributed by atoms with Gasteiger partial charge >= 0.3 is 0 Å². The van der Waals surface area contributed by atoms with Gasteiger partial charge in [-0.3, -0.25) is 4.79 Å². The van der Waals surface area contributed by atoms with Crippen molar-refractivity contribution in [3.8, 4) is 5.75 Å². The molecular weight excluding hydrogens is 339 g/mol. The molecule has 2 N–H and O–H groups in total. The number of quaternary nitrogens is 1. The molecule has 1 heterocycles. The number of nitrogens with one attached hydrogen (secondary N) is 2. The minimum absolute atomic E-state index is 0.0490. The van der Waals surface area contributed by atoms with Crippen LogP contribution in [-0.2, 0) is 9.53 Å². The van der Waals surface area contributed by atoms with Crippen molar-refractivity contribution < 1.29 is 19.2 Å². The highest BCUT2D eigenvalue weighted by atomic mass is 35.5. The molecule has 128 valence electrons. The second-order valence-electron chi connectivity index (χ2n) is 5.64. The molecule has 1 aromatic carbocycles. The van der Waals surface area contributed by atoms with Crippen molar-refractivity contribution in [1.82, 2.24) is 5.32 Å². The first-order valence-corrected chi connectivity index (χ1v) is 8.58. The number of morpholine rings is 1. The van der Waals surface area contributed by atoms with Gasteiger partial charge in [0, 0.05) is 18.0 Å². The van der Waals surface area contributed by atoms with Crippen LogP contribution in [-0.4, -0.2) is 51.9 Å². The van der Waals surface area contributed by atoms with Crippen LogP contribution in [0.1, 0.15) is 12.0 Å². The van der Waals surface area contributed by atoms with Crippen LogP contribution in [0.15, 0.2) is 12.1 Å². The molecule has 2 rings (SSSR count). The van der Waals surface area contributed by atoms with Crippen molar-refractivity contribution in [1.29, 1.82) is 0 Å². The highest BCUT2D eigenvalue weighted by Crippen LogP contribution is 2.31. The number of aryl methyl sites for hydroxylation is 1. The van der Waals surface area contributed by atoms with Gasteiger partial charge in [0.1, 0.15) is 18.8 Å². The molecule has 1 aliphatic rings. The number of halogens is 2. The van der Waals surface area contributed by atoms with E-state index in [0.717, 1.165) is 44.8 Å². The molecule has 0 atom stereocenters. The highest BCUT2D eigenvalue weighted by molar-refractivity contribution is 6.35. The maximum absolute atomic E-state index is 11.8. The molecule has 7 heteroatoms. The summed E-state index contributed by atoms with van der Waals surface area (Å²) in [6.45, 7) is 7.25. The predicted molar refractivity (Wildman–Crippen MR) is 90.7 cm³/mol. The minimum atomic E-state index is -0.146. The number of carbonyl (C=O) groups is 1. The third-order valence-electron chi connectivity index (χ3n) is 3.77. The second kappa shape index (κ2) is 9.33. The lowest BCUT2D eigenvalue weighted by Gasteiger charge is -2.23. The van der Waals surface area contributed by atoms with E-state index in [1.807, 2.05) is 6.92 Å². The average Bonchev–Trinajstić information content (AvgIpc) is 2.51. The van der Waals surface area contributed by atoms with Crippen LogP contribution in [0.5, 0.6) is 5.75 Å². The zero-order valence-corrected chi connectivity index (χ0v) is 14.8. The van der Waals surface area contributed by atoms with Gasteiger partial charge < -0.3 is 19.7 Å². The van der Waals surface area contributed by atoms with Crippen molar-refractivity contribution in [3.05, 3.63) is 27.7 Å². The van der Waals surface area contributed by atoms with Crippen LogP contribution < -0.4 is 15.0 Å². The maximum atomic E-state index is 11.8. The molecule has 0 aliphatic carbocycles. The van der Waals surface area contributed by atoms with Gasteiger partial charge in [0.25, 0.3) is 5.91 Å². The Bertz CT molecular complexity index is 511. The van der Waals surface area contributed by atoms with Crippen LogP contribution >= 0.6 is 23.2 Å². The first-order valence-electron chi connectivity index (χ1n) is 7.82. The van der Waals surface area contributed by atoms with Crippen molar-refractivity contribution in [2.24, 2.45) is 0 Å². The average molecular weight is 362 g/mol. The third kappa shape index (κ3) is 6.18. The summed E-state index contributed by atoms with van der Waals surface area (Å²) in [6, 6.07) is 3.36. The van der Waals surface area contributed by atoms with Gasteiger partial charge in [-0.25, -0.2) is 0 Å². The van der Waals surface area contributed by atoms with Crippen LogP contribution in [0.3, 0.4) is 0 Å². The Morgan fingerprint density at radius 2 is 2.09 bits per heavy atom. The SMILES string of the molecule is Cc1cc(Cl)cc(Cl)c1OCC(=O)NCCC[NH+]1CCOCC1. The Hall–Kier alpha value is -1.01. The molecule has 0 bridgehead atoms. The van der Waals surface area contributed by atoms with Crippen molar-refractivity contribution >= 4 is 29.1 Å². The molecule has 0 radical (unpaired) electrons. The molecule has 1 aromatic rings.